The summed E-state index contributed by atoms with van der Waals surface area (Å²) >= 11 is 0. The Bertz CT molecular complexity index is 604. The second-order valence-corrected chi connectivity index (χ2v) is 7.67. The summed E-state index contributed by atoms with van der Waals surface area (Å²) in [6, 6.07) is 7.86. The van der Waals surface area contributed by atoms with Gasteiger partial charge in [-0.3, -0.25) is 9.69 Å². The van der Waals surface area contributed by atoms with Crippen LogP contribution in [0.25, 0.3) is 0 Å². The fraction of sp³-hybridized carbons (Fsp3) is 0.667. The molecule has 2 atom stereocenters. The van der Waals surface area contributed by atoms with Gasteiger partial charge in [-0.05, 0) is 36.3 Å². The second-order valence-electron chi connectivity index (χ2n) is 7.67. The first kappa shape index (κ1) is 20.1. The molecule has 0 saturated carbocycles. The highest BCUT2D eigenvalue weighted by Crippen LogP contribution is 2.25. The lowest BCUT2D eigenvalue weighted by Crippen LogP contribution is -2.49. The number of morpholine rings is 1. The lowest BCUT2D eigenvalue weighted by atomic mass is 9.88. The molecule has 0 radical (unpaired) electrons. The molecule has 1 N–H and O–H groups in total. The molecule has 0 aliphatic carbocycles. The zero-order valence-electron chi connectivity index (χ0n) is 16.3. The van der Waals surface area contributed by atoms with Crippen LogP contribution < -0.4 is 4.74 Å². The average Bonchev–Trinajstić information content (AvgIpc) is 2.72. The van der Waals surface area contributed by atoms with E-state index < -0.39 is 0 Å². The van der Waals surface area contributed by atoms with Gasteiger partial charge >= 0.3 is 0 Å². The quantitative estimate of drug-likeness (QED) is 0.780. The maximum Gasteiger partial charge on any atom is 0.222 e. The molecule has 2 saturated heterocycles. The number of aryl methyl sites for hydroxylation is 1. The number of aliphatic hydroxyl groups is 1. The number of hydrogen-bond acceptors (Lipinski definition) is 5. The van der Waals surface area contributed by atoms with E-state index in [1.807, 2.05) is 29.2 Å². The lowest BCUT2D eigenvalue weighted by molar-refractivity contribution is -0.134. The van der Waals surface area contributed by atoms with E-state index in [-0.39, 0.29) is 18.4 Å². The molecule has 1 aromatic carbocycles. The van der Waals surface area contributed by atoms with Gasteiger partial charge in [0, 0.05) is 45.8 Å². The number of rotatable bonds is 7. The van der Waals surface area contributed by atoms with Crippen LogP contribution in [0.5, 0.6) is 5.75 Å². The normalized spacial score (nSPS) is 24.0. The molecular formula is C21H32N2O4. The van der Waals surface area contributed by atoms with Crippen LogP contribution in [0.2, 0.25) is 0 Å². The van der Waals surface area contributed by atoms with Crippen LogP contribution in [0.15, 0.2) is 24.3 Å². The summed E-state index contributed by atoms with van der Waals surface area (Å²) in [5.74, 6) is 1.61. The van der Waals surface area contributed by atoms with Gasteiger partial charge in [0.05, 0.1) is 20.3 Å². The van der Waals surface area contributed by atoms with Gasteiger partial charge in [-0.25, -0.2) is 0 Å². The first-order valence-electron chi connectivity index (χ1n) is 10.00. The van der Waals surface area contributed by atoms with Crippen molar-refractivity contribution in [3.8, 4) is 5.75 Å². The Morgan fingerprint density at radius 3 is 2.70 bits per heavy atom. The minimum Gasteiger partial charge on any atom is -0.496 e. The molecule has 0 bridgehead atoms. The van der Waals surface area contributed by atoms with Gasteiger partial charge in [0.15, 0.2) is 0 Å². The van der Waals surface area contributed by atoms with E-state index in [4.69, 9.17) is 9.47 Å². The fourth-order valence-corrected chi connectivity index (χ4v) is 4.24. The van der Waals surface area contributed by atoms with Gasteiger partial charge < -0.3 is 19.5 Å². The number of hydrogen-bond donors (Lipinski definition) is 1. The zero-order chi connectivity index (χ0) is 19.1. The van der Waals surface area contributed by atoms with Crippen molar-refractivity contribution in [2.75, 3.05) is 59.7 Å². The summed E-state index contributed by atoms with van der Waals surface area (Å²) < 4.78 is 10.8. The van der Waals surface area contributed by atoms with Crippen molar-refractivity contribution in [1.82, 2.24) is 9.80 Å². The molecule has 1 aromatic rings. The number of ether oxygens (including phenoxy) is 2. The fourth-order valence-electron chi connectivity index (χ4n) is 4.24. The van der Waals surface area contributed by atoms with E-state index in [9.17, 15) is 9.90 Å². The Balaban J connectivity index is 1.55. The first-order chi connectivity index (χ1) is 13.2. The van der Waals surface area contributed by atoms with E-state index in [0.29, 0.717) is 25.3 Å². The van der Waals surface area contributed by atoms with Crippen molar-refractivity contribution >= 4 is 5.91 Å². The van der Waals surface area contributed by atoms with Crippen molar-refractivity contribution in [2.24, 2.45) is 11.8 Å². The van der Waals surface area contributed by atoms with Gasteiger partial charge in [0.2, 0.25) is 5.91 Å². The SMILES string of the molecule is COc1ccccc1CCC(=O)N1C[C@H](CO)C[C@H](CN2CCOCC2)C1. The number of amides is 1. The smallest absolute Gasteiger partial charge is 0.222 e. The predicted octanol–water partition coefficient (Wildman–Crippen LogP) is 1.42. The maximum atomic E-state index is 12.8. The molecule has 27 heavy (non-hydrogen) atoms. The number of benzene rings is 1. The highest BCUT2D eigenvalue weighted by molar-refractivity contribution is 5.76. The first-order valence-corrected chi connectivity index (χ1v) is 10.00. The summed E-state index contributed by atoms with van der Waals surface area (Å²) in [5, 5.41) is 9.70. The molecule has 2 aliphatic heterocycles. The number of piperidine rings is 1. The van der Waals surface area contributed by atoms with E-state index in [0.717, 1.165) is 57.1 Å². The predicted molar refractivity (Wildman–Crippen MR) is 104 cm³/mol. The standard InChI is InChI=1S/C21H32N2O4/c1-26-20-5-3-2-4-19(20)6-7-21(25)23-14-17(12-18(15-23)16-24)13-22-8-10-27-11-9-22/h2-5,17-18,24H,6-16H2,1H3/t17-,18-/m1/s1. The van der Waals surface area contributed by atoms with E-state index in [1.165, 1.54) is 0 Å². The average molecular weight is 376 g/mol. The number of aliphatic hydroxyl groups excluding tert-OH is 1. The van der Waals surface area contributed by atoms with Crippen molar-refractivity contribution in [3.05, 3.63) is 29.8 Å². The van der Waals surface area contributed by atoms with E-state index in [1.54, 1.807) is 7.11 Å². The molecule has 0 unspecified atom stereocenters. The van der Waals surface area contributed by atoms with Crippen molar-refractivity contribution in [2.45, 2.75) is 19.3 Å². The summed E-state index contributed by atoms with van der Waals surface area (Å²) in [6.07, 6.45) is 2.14. The van der Waals surface area contributed by atoms with E-state index >= 15 is 0 Å². The summed E-state index contributed by atoms with van der Waals surface area (Å²) in [7, 11) is 1.66. The van der Waals surface area contributed by atoms with Crippen molar-refractivity contribution in [1.29, 1.82) is 0 Å². The molecule has 6 nitrogen and oxygen atoms in total. The summed E-state index contributed by atoms with van der Waals surface area (Å²) in [4.78, 5) is 17.2. The Morgan fingerprint density at radius 1 is 1.22 bits per heavy atom. The van der Waals surface area contributed by atoms with Gasteiger partial charge in [0.1, 0.15) is 5.75 Å². The van der Waals surface area contributed by atoms with Crippen molar-refractivity contribution < 1.29 is 19.4 Å². The molecule has 6 heteroatoms. The maximum absolute atomic E-state index is 12.8. The number of likely N-dealkylation sites (tertiary alicyclic amines) is 1. The van der Waals surface area contributed by atoms with Crippen molar-refractivity contribution in [3.63, 3.8) is 0 Å². The van der Waals surface area contributed by atoms with Crippen LogP contribution in [-0.2, 0) is 16.0 Å². The summed E-state index contributed by atoms with van der Waals surface area (Å²) in [5.41, 5.74) is 1.06. The van der Waals surface area contributed by atoms with Crippen LogP contribution >= 0.6 is 0 Å². The van der Waals surface area contributed by atoms with E-state index in [2.05, 4.69) is 4.90 Å². The third-order valence-electron chi connectivity index (χ3n) is 5.66. The molecule has 0 spiro atoms. The van der Waals surface area contributed by atoms with Crippen LogP contribution in [0, 0.1) is 11.8 Å². The molecule has 1 amide bonds. The largest absolute Gasteiger partial charge is 0.496 e. The molecule has 0 aromatic heterocycles. The minimum absolute atomic E-state index is 0.149. The molecule has 3 rings (SSSR count). The monoisotopic (exact) mass is 376 g/mol. The Hall–Kier alpha value is -1.63. The third-order valence-corrected chi connectivity index (χ3v) is 5.66. The van der Waals surface area contributed by atoms with Gasteiger partial charge in [0.25, 0.3) is 0 Å². The number of carbonyl (C=O) groups is 1. The van der Waals surface area contributed by atoms with Crippen LogP contribution in [0.1, 0.15) is 18.4 Å². The van der Waals surface area contributed by atoms with Crippen LogP contribution in [-0.4, -0.2) is 80.5 Å². The Kier molecular flexibility index (Phi) is 7.50. The minimum atomic E-state index is 0.149. The van der Waals surface area contributed by atoms with Crippen LogP contribution in [0.4, 0.5) is 0 Å². The zero-order valence-corrected chi connectivity index (χ0v) is 16.3. The molecule has 150 valence electrons. The lowest BCUT2D eigenvalue weighted by Gasteiger charge is -2.40. The number of carbonyl (C=O) groups excluding carboxylic acids is 1. The number of nitrogens with zero attached hydrogens (tertiary/aromatic N) is 2. The van der Waals surface area contributed by atoms with Gasteiger partial charge in [-0.1, -0.05) is 18.2 Å². The van der Waals surface area contributed by atoms with Crippen LogP contribution in [0.3, 0.4) is 0 Å². The molecule has 2 fully saturated rings. The Labute approximate surface area is 162 Å². The molecular weight excluding hydrogens is 344 g/mol. The third kappa shape index (κ3) is 5.67. The molecule has 2 heterocycles. The number of para-hydroxylation sites is 1. The Morgan fingerprint density at radius 2 is 1.96 bits per heavy atom. The highest BCUT2D eigenvalue weighted by Gasteiger charge is 2.30. The van der Waals surface area contributed by atoms with Gasteiger partial charge in [-0.15, -0.1) is 0 Å². The number of methoxy groups -OCH3 is 1. The molecule has 2 aliphatic rings. The summed E-state index contributed by atoms with van der Waals surface area (Å²) in [6.45, 7) is 6.09. The van der Waals surface area contributed by atoms with Gasteiger partial charge in [-0.2, -0.15) is 0 Å². The highest BCUT2D eigenvalue weighted by atomic mass is 16.5. The second kappa shape index (κ2) is 10.1. The topological polar surface area (TPSA) is 62.2 Å².